The fourth-order valence-electron chi connectivity index (χ4n) is 2.56. The van der Waals surface area contributed by atoms with Gasteiger partial charge in [0.25, 0.3) is 0 Å². The number of anilines is 1. The highest BCUT2D eigenvalue weighted by Gasteiger charge is 2.13. The van der Waals surface area contributed by atoms with Crippen LogP contribution in [0.3, 0.4) is 0 Å². The summed E-state index contributed by atoms with van der Waals surface area (Å²) in [4.78, 5) is 24.1. The largest absolute Gasteiger partial charge is 0.497 e. The van der Waals surface area contributed by atoms with Crippen molar-refractivity contribution >= 4 is 39.6 Å². The van der Waals surface area contributed by atoms with Gasteiger partial charge in [-0.3, -0.25) is 9.59 Å². The predicted octanol–water partition coefficient (Wildman–Crippen LogP) is 4.13. The molecule has 8 heteroatoms. The fourth-order valence-corrected chi connectivity index (χ4v) is 2.94. The van der Waals surface area contributed by atoms with E-state index in [0.717, 1.165) is 10.0 Å². The van der Waals surface area contributed by atoms with Gasteiger partial charge in [-0.15, -0.1) is 0 Å². The number of hydrogen-bond acceptors (Lipinski definition) is 5. The molecule has 0 aromatic heterocycles. The minimum Gasteiger partial charge on any atom is -0.497 e. The zero-order chi connectivity index (χ0) is 22.1. The van der Waals surface area contributed by atoms with Crippen molar-refractivity contribution in [1.29, 1.82) is 0 Å². The summed E-state index contributed by atoms with van der Waals surface area (Å²) in [5.41, 5.74) is 4.35. The number of carbonyl (C=O) groups is 2. The average Bonchev–Trinajstić information content (AvgIpc) is 2.79. The molecule has 0 saturated heterocycles. The molecule has 158 valence electrons. The first-order valence-corrected chi connectivity index (χ1v) is 10.1. The molecule has 0 aliphatic heterocycles. The summed E-state index contributed by atoms with van der Waals surface area (Å²) in [6.07, 6.45) is 1.42. The molecule has 0 radical (unpaired) electrons. The van der Waals surface area contributed by atoms with Gasteiger partial charge in [-0.05, 0) is 48.0 Å². The summed E-state index contributed by atoms with van der Waals surface area (Å²) in [5.74, 6) is -0.495. The number of amides is 2. The molecule has 0 saturated carbocycles. The predicted molar refractivity (Wildman–Crippen MR) is 122 cm³/mol. The lowest BCUT2D eigenvalue weighted by atomic mass is 10.2. The Bertz CT molecular complexity index is 1070. The molecule has 31 heavy (non-hydrogen) atoms. The van der Waals surface area contributed by atoms with Crippen LogP contribution in [0, 0.1) is 0 Å². The van der Waals surface area contributed by atoms with Crippen LogP contribution in [0.5, 0.6) is 11.5 Å². The first kappa shape index (κ1) is 22.0. The van der Waals surface area contributed by atoms with Gasteiger partial charge in [0, 0.05) is 15.7 Å². The third-order valence-electron chi connectivity index (χ3n) is 4.13. The minimum atomic E-state index is -0.895. The van der Waals surface area contributed by atoms with Crippen molar-refractivity contribution in [2.24, 2.45) is 5.10 Å². The number of methoxy groups -OCH3 is 1. The smallest absolute Gasteiger partial charge is 0.329 e. The number of carbonyl (C=O) groups excluding carboxylic acids is 2. The van der Waals surface area contributed by atoms with E-state index in [1.807, 2.05) is 36.4 Å². The SMILES string of the molecule is COc1ccc(NC(=O)C(=O)N/N=C/c2cc(Br)ccc2OCc2ccccc2)cc1. The van der Waals surface area contributed by atoms with Gasteiger partial charge in [-0.25, -0.2) is 5.43 Å². The summed E-state index contributed by atoms with van der Waals surface area (Å²) in [5, 5.41) is 6.37. The average molecular weight is 482 g/mol. The van der Waals surface area contributed by atoms with E-state index < -0.39 is 11.8 Å². The Kier molecular flexibility index (Phi) is 7.78. The first-order chi connectivity index (χ1) is 15.0. The fraction of sp³-hybridized carbons (Fsp3) is 0.0870. The standard InChI is InChI=1S/C23H20BrN3O4/c1-30-20-10-8-19(9-11-20)26-22(28)23(29)27-25-14-17-13-18(24)7-12-21(17)31-15-16-5-3-2-4-6-16/h2-14H,15H2,1H3,(H,26,28)(H,27,29)/b25-14+. The van der Waals surface area contributed by atoms with E-state index in [1.165, 1.54) is 6.21 Å². The molecule has 0 aliphatic rings. The van der Waals surface area contributed by atoms with Crippen LogP contribution in [0.15, 0.2) is 82.4 Å². The second kappa shape index (κ2) is 10.9. The molecule has 2 amide bonds. The van der Waals surface area contributed by atoms with Crippen molar-refractivity contribution in [3.05, 3.63) is 88.4 Å². The van der Waals surface area contributed by atoms with Crippen LogP contribution in [0.2, 0.25) is 0 Å². The molecule has 0 bridgehead atoms. The van der Waals surface area contributed by atoms with Gasteiger partial charge >= 0.3 is 11.8 Å². The Hall–Kier alpha value is -3.65. The lowest BCUT2D eigenvalue weighted by molar-refractivity contribution is -0.136. The highest BCUT2D eigenvalue weighted by atomic mass is 79.9. The van der Waals surface area contributed by atoms with Gasteiger partial charge in [0.1, 0.15) is 18.1 Å². The van der Waals surface area contributed by atoms with E-state index in [0.29, 0.717) is 29.4 Å². The van der Waals surface area contributed by atoms with Crippen LogP contribution in [0.4, 0.5) is 5.69 Å². The number of nitrogens with one attached hydrogen (secondary N) is 2. The molecule has 0 aliphatic carbocycles. The van der Waals surface area contributed by atoms with Crippen molar-refractivity contribution in [2.45, 2.75) is 6.61 Å². The number of benzene rings is 3. The number of hydrogen-bond donors (Lipinski definition) is 2. The van der Waals surface area contributed by atoms with Gasteiger partial charge < -0.3 is 14.8 Å². The Labute approximate surface area is 188 Å². The molecule has 0 unspecified atom stereocenters. The van der Waals surface area contributed by atoms with Gasteiger partial charge in [-0.1, -0.05) is 46.3 Å². The molecule has 0 fully saturated rings. The van der Waals surface area contributed by atoms with Crippen LogP contribution in [0.25, 0.3) is 0 Å². The van der Waals surface area contributed by atoms with Crippen LogP contribution in [-0.2, 0) is 16.2 Å². The molecular formula is C23H20BrN3O4. The second-order valence-corrected chi connectivity index (χ2v) is 7.25. The van der Waals surface area contributed by atoms with E-state index in [1.54, 1.807) is 43.5 Å². The summed E-state index contributed by atoms with van der Waals surface area (Å²) in [6, 6.07) is 21.8. The first-order valence-electron chi connectivity index (χ1n) is 9.30. The molecule has 7 nitrogen and oxygen atoms in total. The van der Waals surface area contributed by atoms with Crippen molar-refractivity contribution in [3.63, 3.8) is 0 Å². The van der Waals surface area contributed by atoms with Gasteiger partial charge in [0.05, 0.1) is 13.3 Å². The topological polar surface area (TPSA) is 89.0 Å². The van der Waals surface area contributed by atoms with Crippen molar-refractivity contribution in [2.75, 3.05) is 12.4 Å². The number of halogens is 1. The van der Waals surface area contributed by atoms with Crippen molar-refractivity contribution in [3.8, 4) is 11.5 Å². The molecular weight excluding hydrogens is 462 g/mol. The summed E-state index contributed by atoms with van der Waals surface area (Å²) >= 11 is 3.41. The van der Waals surface area contributed by atoms with E-state index >= 15 is 0 Å². The Morgan fingerprint density at radius 3 is 2.45 bits per heavy atom. The number of ether oxygens (including phenoxy) is 2. The molecule has 2 N–H and O–H groups in total. The second-order valence-electron chi connectivity index (χ2n) is 6.34. The molecule has 3 aromatic rings. The normalized spacial score (nSPS) is 10.5. The highest BCUT2D eigenvalue weighted by Crippen LogP contribution is 2.23. The maximum Gasteiger partial charge on any atom is 0.329 e. The van der Waals surface area contributed by atoms with E-state index in [9.17, 15) is 9.59 Å². The van der Waals surface area contributed by atoms with Gasteiger partial charge in [0.15, 0.2) is 0 Å². The summed E-state index contributed by atoms with van der Waals surface area (Å²) in [6.45, 7) is 0.389. The van der Waals surface area contributed by atoms with Gasteiger partial charge in [0.2, 0.25) is 0 Å². The van der Waals surface area contributed by atoms with Crippen LogP contribution in [0.1, 0.15) is 11.1 Å². The Morgan fingerprint density at radius 2 is 1.74 bits per heavy atom. The highest BCUT2D eigenvalue weighted by molar-refractivity contribution is 9.10. The van der Waals surface area contributed by atoms with E-state index in [4.69, 9.17) is 9.47 Å². The van der Waals surface area contributed by atoms with Crippen LogP contribution in [-0.4, -0.2) is 25.1 Å². The number of nitrogens with zero attached hydrogens (tertiary/aromatic N) is 1. The lowest BCUT2D eigenvalue weighted by Crippen LogP contribution is -2.32. The zero-order valence-electron chi connectivity index (χ0n) is 16.7. The van der Waals surface area contributed by atoms with E-state index in [2.05, 4.69) is 31.8 Å². The summed E-state index contributed by atoms with van der Waals surface area (Å²) in [7, 11) is 1.54. The van der Waals surface area contributed by atoms with Crippen LogP contribution >= 0.6 is 15.9 Å². The maximum absolute atomic E-state index is 12.0. The monoisotopic (exact) mass is 481 g/mol. The minimum absolute atomic E-state index is 0.389. The molecule has 0 spiro atoms. The molecule has 3 aromatic carbocycles. The van der Waals surface area contributed by atoms with Crippen molar-refractivity contribution < 1.29 is 19.1 Å². The Morgan fingerprint density at radius 1 is 1.00 bits per heavy atom. The summed E-state index contributed by atoms with van der Waals surface area (Å²) < 4.78 is 11.7. The van der Waals surface area contributed by atoms with Crippen molar-refractivity contribution in [1.82, 2.24) is 5.43 Å². The molecule has 0 atom stereocenters. The molecule has 0 heterocycles. The maximum atomic E-state index is 12.0. The van der Waals surface area contributed by atoms with Crippen LogP contribution < -0.4 is 20.2 Å². The van der Waals surface area contributed by atoms with Gasteiger partial charge in [-0.2, -0.15) is 5.10 Å². The molecule has 3 rings (SSSR count). The third-order valence-corrected chi connectivity index (χ3v) is 4.63. The number of hydrazone groups is 1. The van der Waals surface area contributed by atoms with E-state index in [-0.39, 0.29) is 0 Å². The Balaban J connectivity index is 1.59. The number of rotatable bonds is 7. The quantitative estimate of drug-likeness (QED) is 0.301. The third kappa shape index (κ3) is 6.68. The lowest BCUT2D eigenvalue weighted by Gasteiger charge is -2.09. The zero-order valence-corrected chi connectivity index (χ0v) is 18.3.